The van der Waals surface area contributed by atoms with E-state index in [9.17, 15) is 4.79 Å². The van der Waals surface area contributed by atoms with Crippen molar-refractivity contribution in [1.82, 2.24) is 9.80 Å². The lowest BCUT2D eigenvalue weighted by Crippen LogP contribution is -2.34. The first kappa shape index (κ1) is 18.3. The second-order valence-electron chi connectivity index (χ2n) is 6.42. The van der Waals surface area contributed by atoms with Crippen LogP contribution in [0, 0.1) is 5.92 Å². The number of benzene rings is 1. The molecule has 132 valence electrons. The molecule has 5 nitrogen and oxygen atoms in total. The van der Waals surface area contributed by atoms with Crippen LogP contribution in [-0.4, -0.2) is 55.7 Å². The van der Waals surface area contributed by atoms with Gasteiger partial charge in [0.25, 0.3) is 0 Å². The Hall–Kier alpha value is -2.01. The Morgan fingerprint density at radius 1 is 1.54 bits per heavy atom. The van der Waals surface area contributed by atoms with Crippen LogP contribution in [0.2, 0.25) is 0 Å². The molecule has 1 unspecified atom stereocenters. The molecular formula is C19H29N3O2. The molecule has 1 aliphatic rings. The van der Waals surface area contributed by atoms with Gasteiger partial charge >= 0.3 is 6.03 Å². The Labute approximate surface area is 145 Å². The van der Waals surface area contributed by atoms with E-state index in [-0.39, 0.29) is 6.03 Å². The zero-order valence-electron chi connectivity index (χ0n) is 14.8. The average Bonchev–Trinajstić information content (AvgIpc) is 3.02. The quantitative estimate of drug-likeness (QED) is 0.742. The van der Waals surface area contributed by atoms with E-state index in [0.29, 0.717) is 12.5 Å². The molecule has 1 N–H and O–H groups in total. The van der Waals surface area contributed by atoms with Gasteiger partial charge in [0.1, 0.15) is 12.4 Å². The highest BCUT2D eigenvalue weighted by Crippen LogP contribution is 2.21. The van der Waals surface area contributed by atoms with Gasteiger partial charge in [-0.05, 0) is 44.5 Å². The summed E-state index contributed by atoms with van der Waals surface area (Å²) in [6.45, 7) is 10.1. The molecule has 0 radical (unpaired) electrons. The maximum absolute atomic E-state index is 12.4. The number of carbonyl (C=O) groups is 1. The molecule has 2 amide bonds. The fourth-order valence-electron chi connectivity index (χ4n) is 3.10. The molecule has 0 bridgehead atoms. The number of ether oxygens (including phenoxy) is 1. The van der Waals surface area contributed by atoms with Crippen molar-refractivity contribution in [2.45, 2.75) is 19.8 Å². The highest BCUT2D eigenvalue weighted by atomic mass is 16.5. The van der Waals surface area contributed by atoms with Crippen molar-refractivity contribution >= 4 is 11.7 Å². The average molecular weight is 331 g/mol. The van der Waals surface area contributed by atoms with Crippen LogP contribution < -0.4 is 10.1 Å². The number of amides is 2. The minimum Gasteiger partial charge on any atom is -0.489 e. The molecule has 1 saturated heterocycles. The second-order valence-corrected chi connectivity index (χ2v) is 6.42. The lowest BCUT2D eigenvalue weighted by Gasteiger charge is -2.21. The molecule has 0 spiro atoms. The Balaban J connectivity index is 1.83. The van der Waals surface area contributed by atoms with Crippen LogP contribution in [0.4, 0.5) is 10.5 Å². The van der Waals surface area contributed by atoms with Gasteiger partial charge in [-0.3, -0.25) is 0 Å². The molecule has 0 aliphatic carbocycles. The van der Waals surface area contributed by atoms with E-state index < -0.39 is 0 Å². The predicted octanol–water partition coefficient (Wildman–Crippen LogP) is 3.45. The van der Waals surface area contributed by atoms with Crippen LogP contribution in [0.1, 0.15) is 19.8 Å². The summed E-state index contributed by atoms with van der Waals surface area (Å²) in [4.78, 5) is 16.7. The smallest absolute Gasteiger partial charge is 0.321 e. The lowest BCUT2D eigenvalue weighted by molar-refractivity contribution is 0.217. The number of nitrogens with one attached hydrogen (secondary N) is 1. The van der Waals surface area contributed by atoms with Crippen molar-refractivity contribution in [2.24, 2.45) is 5.92 Å². The van der Waals surface area contributed by atoms with Gasteiger partial charge in [-0.1, -0.05) is 25.6 Å². The number of carbonyl (C=O) groups excluding carboxylic acids is 1. The maximum Gasteiger partial charge on any atom is 0.321 e. The number of rotatable bonds is 8. The molecule has 1 atom stereocenters. The Morgan fingerprint density at radius 2 is 2.38 bits per heavy atom. The molecule has 1 aliphatic heterocycles. The number of urea groups is 1. The van der Waals surface area contributed by atoms with Crippen LogP contribution in [0.25, 0.3) is 0 Å². The molecule has 5 heteroatoms. The van der Waals surface area contributed by atoms with Gasteiger partial charge in [-0.15, -0.1) is 0 Å². The van der Waals surface area contributed by atoms with Crippen molar-refractivity contribution in [2.75, 3.05) is 45.2 Å². The van der Waals surface area contributed by atoms with E-state index in [1.165, 1.54) is 0 Å². The molecule has 2 rings (SSSR count). The van der Waals surface area contributed by atoms with Crippen LogP contribution in [0.15, 0.2) is 36.9 Å². The van der Waals surface area contributed by atoms with Gasteiger partial charge in [0.15, 0.2) is 0 Å². The van der Waals surface area contributed by atoms with Crippen molar-refractivity contribution in [3.8, 4) is 5.75 Å². The molecule has 0 saturated carbocycles. The van der Waals surface area contributed by atoms with Gasteiger partial charge in [-0.2, -0.15) is 0 Å². The highest BCUT2D eigenvalue weighted by molar-refractivity contribution is 5.89. The number of anilines is 1. The Morgan fingerprint density at radius 3 is 3.12 bits per heavy atom. The van der Waals surface area contributed by atoms with Crippen LogP contribution in [-0.2, 0) is 0 Å². The lowest BCUT2D eigenvalue weighted by atomic mass is 10.1. The number of hydrogen-bond acceptors (Lipinski definition) is 3. The third-order valence-corrected chi connectivity index (χ3v) is 4.20. The van der Waals surface area contributed by atoms with Crippen molar-refractivity contribution in [3.05, 3.63) is 36.9 Å². The number of likely N-dealkylation sites (tertiary alicyclic amines) is 1. The van der Waals surface area contributed by atoms with Gasteiger partial charge in [-0.25, -0.2) is 4.79 Å². The predicted molar refractivity (Wildman–Crippen MR) is 98.6 cm³/mol. The Bertz CT molecular complexity index is 547. The number of nitrogens with zero attached hydrogens (tertiary/aromatic N) is 2. The standard InChI is InChI=1S/C19H29N3O2/c1-4-10-21(3)14-16-9-11-22(15-16)19(23)20-17-7-6-8-18(13-17)24-12-5-2/h5-8,13,16H,2,4,9-12,14-15H2,1,3H3,(H,20,23). The van der Waals surface area contributed by atoms with E-state index >= 15 is 0 Å². The van der Waals surface area contributed by atoms with Gasteiger partial charge < -0.3 is 19.9 Å². The second kappa shape index (κ2) is 9.33. The SMILES string of the molecule is C=CCOc1cccc(NC(=O)N2CCC(CN(C)CCC)C2)c1. The number of hydrogen-bond donors (Lipinski definition) is 1. The molecule has 0 aromatic heterocycles. The van der Waals surface area contributed by atoms with Crippen LogP contribution in [0.5, 0.6) is 5.75 Å². The summed E-state index contributed by atoms with van der Waals surface area (Å²) in [6.07, 6.45) is 3.94. The minimum atomic E-state index is -0.0310. The minimum absolute atomic E-state index is 0.0310. The van der Waals surface area contributed by atoms with E-state index in [4.69, 9.17) is 4.74 Å². The molecule has 1 heterocycles. The maximum atomic E-state index is 12.4. The van der Waals surface area contributed by atoms with Gasteiger partial charge in [0, 0.05) is 31.4 Å². The summed E-state index contributed by atoms with van der Waals surface area (Å²) in [5, 5.41) is 2.97. The van der Waals surface area contributed by atoms with Crippen molar-refractivity contribution in [1.29, 1.82) is 0 Å². The third kappa shape index (κ3) is 5.57. The van der Waals surface area contributed by atoms with Gasteiger partial charge in [0.05, 0.1) is 0 Å². The van der Waals surface area contributed by atoms with E-state index in [1.807, 2.05) is 29.2 Å². The van der Waals surface area contributed by atoms with Gasteiger partial charge in [0.2, 0.25) is 0 Å². The monoisotopic (exact) mass is 331 g/mol. The summed E-state index contributed by atoms with van der Waals surface area (Å²) >= 11 is 0. The van der Waals surface area contributed by atoms with Crippen molar-refractivity contribution in [3.63, 3.8) is 0 Å². The van der Waals surface area contributed by atoms with Crippen LogP contribution in [0.3, 0.4) is 0 Å². The molecule has 1 aromatic carbocycles. The third-order valence-electron chi connectivity index (χ3n) is 4.20. The summed E-state index contributed by atoms with van der Waals surface area (Å²) < 4.78 is 5.50. The molecule has 1 fully saturated rings. The molecular weight excluding hydrogens is 302 g/mol. The summed E-state index contributed by atoms with van der Waals surface area (Å²) in [7, 11) is 2.15. The van der Waals surface area contributed by atoms with Crippen molar-refractivity contribution < 1.29 is 9.53 Å². The first-order chi connectivity index (χ1) is 11.6. The first-order valence-corrected chi connectivity index (χ1v) is 8.70. The molecule has 24 heavy (non-hydrogen) atoms. The van der Waals surface area contributed by atoms with E-state index in [0.717, 1.165) is 50.5 Å². The summed E-state index contributed by atoms with van der Waals surface area (Å²) in [6, 6.07) is 7.43. The van der Waals surface area contributed by atoms with Crippen LogP contribution >= 0.6 is 0 Å². The first-order valence-electron chi connectivity index (χ1n) is 8.70. The topological polar surface area (TPSA) is 44.8 Å². The zero-order valence-corrected chi connectivity index (χ0v) is 14.8. The highest BCUT2D eigenvalue weighted by Gasteiger charge is 2.26. The summed E-state index contributed by atoms with van der Waals surface area (Å²) in [5.41, 5.74) is 0.758. The zero-order chi connectivity index (χ0) is 17.4. The largest absolute Gasteiger partial charge is 0.489 e. The fourth-order valence-corrected chi connectivity index (χ4v) is 3.10. The van der Waals surface area contributed by atoms with E-state index in [1.54, 1.807) is 6.08 Å². The summed E-state index contributed by atoms with van der Waals surface area (Å²) in [5.74, 6) is 1.29. The fraction of sp³-hybridized carbons (Fsp3) is 0.526. The van der Waals surface area contributed by atoms with E-state index in [2.05, 4.69) is 30.8 Å². The Kier molecular flexibility index (Phi) is 7.12. The normalized spacial score (nSPS) is 17.1. The molecule has 1 aromatic rings.